The molecule has 0 aliphatic carbocycles. The van der Waals surface area contributed by atoms with E-state index in [2.05, 4.69) is 20.1 Å². The Morgan fingerprint density at radius 2 is 2.09 bits per heavy atom. The van der Waals surface area contributed by atoms with E-state index in [0.29, 0.717) is 24.6 Å². The average molecular weight is 295 g/mol. The van der Waals surface area contributed by atoms with Crippen LogP contribution < -0.4 is 0 Å². The molecule has 1 aliphatic rings. The number of fused-ring (bicyclic) bond motifs is 1. The number of benzene rings is 1. The van der Waals surface area contributed by atoms with Crippen molar-refractivity contribution in [2.45, 2.75) is 12.3 Å². The summed E-state index contributed by atoms with van der Waals surface area (Å²) in [4.78, 5) is 27.1. The monoisotopic (exact) mass is 295 g/mol. The summed E-state index contributed by atoms with van der Waals surface area (Å²) < 4.78 is 4.77. The smallest absolute Gasteiger partial charge is 0.274 e. The van der Waals surface area contributed by atoms with Gasteiger partial charge in [0.05, 0.1) is 17.2 Å². The minimum Gasteiger partial charge on any atom is -0.343 e. The summed E-state index contributed by atoms with van der Waals surface area (Å²) in [5.74, 6) is 0.667. The Labute approximate surface area is 126 Å². The van der Waals surface area contributed by atoms with Gasteiger partial charge in [-0.15, -0.1) is 0 Å². The van der Waals surface area contributed by atoms with Crippen molar-refractivity contribution >= 4 is 16.9 Å². The Kier molecular flexibility index (Phi) is 3.03. The van der Waals surface area contributed by atoms with Crippen LogP contribution in [0.5, 0.6) is 0 Å². The molecule has 22 heavy (non-hydrogen) atoms. The Bertz CT molecular complexity index is 818. The van der Waals surface area contributed by atoms with Crippen molar-refractivity contribution in [1.82, 2.24) is 25.0 Å². The van der Waals surface area contributed by atoms with E-state index in [1.165, 1.54) is 12.6 Å². The van der Waals surface area contributed by atoms with E-state index in [1.54, 1.807) is 4.90 Å². The number of carbonyl (C=O) groups excluding carboxylic acids is 1. The first-order valence-corrected chi connectivity index (χ1v) is 7.08. The molecular formula is C15H13N5O2. The normalized spacial score (nSPS) is 18.0. The molecule has 1 aliphatic heterocycles. The highest BCUT2D eigenvalue weighted by molar-refractivity contribution is 5.94. The maximum Gasteiger partial charge on any atom is 0.274 e. The largest absolute Gasteiger partial charge is 0.343 e. The minimum absolute atomic E-state index is 0.107. The van der Waals surface area contributed by atoms with Crippen LogP contribution in [0.1, 0.15) is 28.7 Å². The van der Waals surface area contributed by atoms with E-state index < -0.39 is 0 Å². The molecule has 7 nitrogen and oxygen atoms in total. The van der Waals surface area contributed by atoms with Crippen molar-refractivity contribution in [3.8, 4) is 0 Å². The molecule has 1 fully saturated rings. The van der Waals surface area contributed by atoms with Crippen molar-refractivity contribution in [2.75, 3.05) is 13.1 Å². The molecule has 4 rings (SSSR count). The third-order valence-corrected chi connectivity index (χ3v) is 3.89. The lowest BCUT2D eigenvalue weighted by Gasteiger charge is -2.15. The van der Waals surface area contributed by atoms with Crippen LogP contribution in [0.3, 0.4) is 0 Å². The first-order valence-electron chi connectivity index (χ1n) is 7.08. The molecule has 0 unspecified atom stereocenters. The van der Waals surface area contributed by atoms with Crippen LogP contribution in [-0.2, 0) is 0 Å². The van der Waals surface area contributed by atoms with Crippen LogP contribution in [0.2, 0.25) is 0 Å². The summed E-state index contributed by atoms with van der Waals surface area (Å²) in [6.07, 6.45) is 3.67. The van der Waals surface area contributed by atoms with E-state index in [9.17, 15) is 4.79 Å². The fraction of sp³-hybridized carbons (Fsp3) is 0.267. The number of rotatable bonds is 2. The third-order valence-electron chi connectivity index (χ3n) is 3.89. The molecule has 0 radical (unpaired) electrons. The molecule has 1 aromatic carbocycles. The molecule has 110 valence electrons. The quantitative estimate of drug-likeness (QED) is 0.714. The predicted octanol–water partition coefficient (Wildman–Crippen LogP) is 1.64. The van der Waals surface area contributed by atoms with Gasteiger partial charge < -0.3 is 9.42 Å². The van der Waals surface area contributed by atoms with Gasteiger partial charge in [-0.3, -0.25) is 9.78 Å². The highest BCUT2D eigenvalue weighted by Gasteiger charge is 2.31. The van der Waals surface area contributed by atoms with Crippen LogP contribution >= 0.6 is 0 Å². The lowest BCUT2D eigenvalue weighted by Crippen LogP contribution is -2.29. The Morgan fingerprint density at radius 1 is 1.23 bits per heavy atom. The van der Waals surface area contributed by atoms with Crippen LogP contribution in [0.4, 0.5) is 0 Å². The average Bonchev–Trinajstić information content (AvgIpc) is 3.24. The Morgan fingerprint density at radius 3 is 2.91 bits per heavy atom. The van der Waals surface area contributed by atoms with Crippen LogP contribution in [0.25, 0.3) is 11.0 Å². The second kappa shape index (κ2) is 5.18. The van der Waals surface area contributed by atoms with Crippen molar-refractivity contribution in [2.24, 2.45) is 0 Å². The fourth-order valence-electron chi connectivity index (χ4n) is 2.74. The summed E-state index contributed by atoms with van der Waals surface area (Å²) >= 11 is 0. The minimum atomic E-state index is -0.107. The van der Waals surface area contributed by atoms with Crippen molar-refractivity contribution in [1.29, 1.82) is 0 Å². The van der Waals surface area contributed by atoms with Gasteiger partial charge in [0.15, 0.2) is 5.82 Å². The van der Waals surface area contributed by atoms with Crippen LogP contribution in [-0.4, -0.2) is 44.0 Å². The van der Waals surface area contributed by atoms with E-state index in [0.717, 1.165) is 17.5 Å². The van der Waals surface area contributed by atoms with Gasteiger partial charge in [0.1, 0.15) is 5.69 Å². The highest BCUT2D eigenvalue weighted by Crippen LogP contribution is 2.25. The van der Waals surface area contributed by atoms with Gasteiger partial charge in [0.2, 0.25) is 6.39 Å². The number of likely N-dealkylation sites (tertiary alicyclic amines) is 1. The first kappa shape index (κ1) is 12.9. The second-order valence-corrected chi connectivity index (χ2v) is 5.27. The summed E-state index contributed by atoms with van der Waals surface area (Å²) in [5.41, 5.74) is 1.87. The van der Waals surface area contributed by atoms with Gasteiger partial charge in [-0.2, -0.15) is 4.98 Å². The molecule has 0 N–H and O–H groups in total. The third kappa shape index (κ3) is 2.20. The molecule has 1 saturated heterocycles. The van der Waals surface area contributed by atoms with E-state index in [-0.39, 0.29) is 11.8 Å². The summed E-state index contributed by atoms with van der Waals surface area (Å²) in [6.45, 7) is 1.24. The molecule has 1 amide bonds. The number of amides is 1. The molecule has 1 atom stereocenters. The number of para-hydroxylation sites is 2. The number of hydrogen-bond acceptors (Lipinski definition) is 6. The number of hydrogen-bond donors (Lipinski definition) is 0. The first-order chi connectivity index (χ1) is 10.8. The lowest BCUT2D eigenvalue weighted by atomic mass is 10.1. The molecule has 3 heterocycles. The zero-order valence-corrected chi connectivity index (χ0v) is 11.7. The molecule has 0 saturated carbocycles. The van der Waals surface area contributed by atoms with Crippen LogP contribution in [0.15, 0.2) is 41.4 Å². The van der Waals surface area contributed by atoms with Gasteiger partial charge in [0.25, 0.3) is 5.91 Å². The number of nitrogens with zero attached hydrogens (tertiary/aromatic N) is 5. The van der Waals surface area contributed by atoms with Gasteiger partial charge in [-0.25, -0.2) is 4.98 Å². The SMILES string of the molecule is O=C(c1cnc2ccccc2n1)N1CC[C@H](c2ncon2)C1. The Balaban J connectivity index is 1.56. The molecule has 7 heteroatoms. The molecule has 3 aromatic rings. The van der Waals surface area contributed by atoms with Gasteiger partial charge in [-0.05, 0) is 18.6 Å². The van der Waals surface area contributed by atoms with Gasteiger partial charge >= 0.3 is 0 Å². The maximum atomic E-state index is 12.6. The molecule has 2 aromatic heterocycles. The summed E-state index contributed by atoms with van der Waals surface area (Å²) in [6, 6.07) is 7.51. The van der Waals surface area contributed by atoms with E-state index in [4.69, 9.17) is 4.52 Å². The highest BCUT2D eigenvalue weighted by atomic mass is 16.5. The lowest BCUT2D eigenvalue weighted by molar-refractivity contribution is 0.0784. The van der Waals surface area contributed by atoms with E-state index >= 15 is 0 Å². The number of aromatic nitrogens is 4. The van der Waals surface area contributed by atoms with Crippen molar-refractivity contribution in [3.05, 3.63) is 48.4 Å². The van der Waals surface area contributed by atoms with Crippen molar-refractivity contribution in [3.63, 3.8) is 0 Å². The summed E-state index contributed by atoms with van der Waals surface area (Å²) in [7, 11) is 0. The van der Waals surface area contributed by atoms with Gasteiger partial charge in [-0.1, -0.05) is 17.3 Å². The van der Waals surface area contributed by atoms with E-state index in [1.807, 2.05) is 24.3 Å². The Hall–Kier alpha value is -2.83. The topological polar surface area (TPSA) is 85.0 Å². The predicted molar refractivity (Wildman–Crippen MR) is 77.1 cm³/mol. The van der Waals surface area contributed by atoms with Crippen LogP contribution in [0, 0.1) is 0 Å². The molecule has 0 spiro atoms. The standard InChI is InChI=1S/C15H13N5O2/c21-15(13-7-16-11-3-1-2-4-12(11)18-13)20-6-5-10(8-20)14-17-9-22-19-14/h1-4,7,9-10H,5-6,8H2/t10-/m0/s1. The second-order valence-electron chi connectivity index (χ2n) is 5.27. The zero-order chi connectivity index (χ0) is 14.9. The van der Waals surface area contributed by atoms with Crippen molar-refractivity contribution < 1.29 is 9.32 Å². The van der Waals surface area contributed by atoms with Gasteiger partial charge in [0, 0.05) is 19.0 Å². The zero-order valence-electron chi connectivity index (χ0n) is 11.7. The fourth-order valence-corrected chi connectivity index (χ4v) is 2.74. The molecular weight excluding hydrogens is 282 g/mol. The maximum absolute atomic E-state index is 12.6. The molecule has 0 bridgehead atoms. The summed E-state index contributed by atoms with van der Waals surface area (Å²) in [5, 5.41) is 3.85. The number of carbonyl (C=O) groups is 1.